The van der Waals surface area contributed by atoms with Crippen molar-refractivity contribution in [2.75, 3.05) is 6.61 Å². The van der Waals surface area contributed by atoms with Crippen LogP contribution in [0.5, 0.6) is 11.5 Å². The molecule has 0 spiro atoms. The molecule has 0 amide bonds. The second-order valence-electron chi connectivity index (χ2n) is 6.90. The third-order valence-electron chi connectivity index (χ3n) is 4.75. The second kappa shape index (κ2) is 9.57. The lowest BCUT2D eigenvalue weighted by molar-refractivity contribution is -0.136. The van der Waals surface area contributed by atoms with E-state index in [1.165, 1.54) is 0 Å². The van der Waals surface area contributed by atoms with Gasteiger partial charge in [0, 0.05) is 12.0 Å². The van der Waals surface area contributed by atoms with E-state index >= 15 is 0 Å². The van der Waals surface area contributed by atoms with Gasteiger partial charge in [0.2, 0.25) is 0 Å². The van der Waals surface area contributed by atoms with Crippen LogP contribution < -0.4 is 9.47 Å². The highest BCUT2D eigenvalue weighted by molar-refractivity contribution is 5.76. The van der Waals surface area contributed by atoms with Gasteiger partial charge < -0.3 is 9.47 Å². The Morgan fingerprint density at radius 2 is 1.23 bits per heavy atom. The lowest BCUT2D eigenvalue weighted by Crippen LogP contribution is -2.18. The van der Waals surface area contributed by atoms with Crippen LogP contribution in [0.1, 0.15) is 11.1 Å². The maximum absolute atomic E-state index is 12.5. The minimum absolute atomic E-state index is 0.163. The summed E-state index contributed by atoms with van der Waals surface area (Å²) in [6.45, 7) is -0.163. The molecule has 3 nitrogen and oxygen atoms in total. The van der Waals surface area contributed by atoms with E-state index in [2.05, 4.69) is 12.1 Å². The summed E-state index contributed by atoms with van der Waals surface area (Å²) in [7, 11) is 0. The highest BCUT2D eigenvalue weighted by Gasteiger charge is 2.12. The topological polar surface area (TPSA) is 35.5 Å². The van der Waals surface area contributed by atoms with Gasteiger partial charge in [0.1, 0.15) is 11.5 Å². The van der Waals surface area contributed by atoms with Crippen molar-refractivity contribution >= 4 is 5.97 Å². The summed E-state index contributed by atoms with van der Waals surface area (Å²) < 4.78 is 11.4. The Morgan fingerprint density at radius 1 is 0.633 bits per heavy atom. The molecule has 0 N–H and O–H groups in total. The van der Waals surface area contributed by atoms with Crippen molar-refractivity contribution < 1.29 is 14.3 Å². The van der Waals surface area contributed by atoms with Crippen LogP contribution in [0.15, 0.2) is 109 Å². The molecule has 0 radical (unpaired) electrons. The first-order valence-electron chi connectivity index (χ1n) is 9.89. The van der Waals surface area contributed by atoms with Crippen LogP contribution in [-0.4, -0.2) is 12.6 Å². The van der Waals surface area contributed by atoms with Crippen molar-refractivity contribution in [2.45, 2.75) is 6.42 Å². The number of para-hydroxylation sites is 2. The zero-order valence-corrected chi connectivity index (χ0v) is 16.5. The normalized spacial score (nSPS) is 10.4. The molecule has 3 heteroatoms. The number of benzene rings is 4. The van der Waals surface area contributed by atoms with E-state index in [-0.39, 0.29) is 6.61 Å². The number of ether oxygens (including phenoxy) is 2. The molecule has 0 aliphatic heterocycles. The molecule has 0 saturated heterocycles. The Morgan fingerprint density at radius 3 is 2.00 bits per heavy atom. The van der Waals surface area contributed by atoms with Crippen molar-refractivity contribution in [1.82, 2.24) is 0 Å². The molecule has 4 aromatic carbocycles. The summed E-state index contributed by atoms with van der Waals surface area (Å²) in [6.07, 6.45) is 0.696. The second-order valence-corrected chi connectivity index (χ2v) is 6.90. The van der Waals surface area contributed by atoms with Gasteiger partial charge in [0.05, 0.1) is 0 Å². The average molecular weight is 394 g/mol. The number of hydrogen-bond acceptors (Lipinski definition) is 3. The molecule has 0 fully saturated rings. The molecule has 0 unspecified atom stereocenters. The van der Waals surface area contributed by atoms with Gasteiger partial charge in [-0.25, -0.2) is 4.79 Å². The summed E-state index contributed by atoms with van der Waals surface area (Å²) in [5.74, 6) is 0.780. The monoisotopic (exact) mass is 394 g/mol. The van der Waals surface area contributed by atoms with Crippen LogP contribution >= 0.6 is 0 Å². The van der Waals surface area contributed by atoms with Gasteiger partial charge >= 0.3 is 5.97 Å². The van der Waals surface area contributed by atoms with Crippen molar-refractivity contribution in [1.29, 1.82) is 0 Å². The summed E-state index contributed by atoms with van der Waals surface area (Å²) in [5, 5.41) is 0. The van der Waals surface area contributed by atoms with Gasteiger partial charge in [-0.2, -0.15) is 0 Å². The first-order valence-corrected chi connectivity index (χ1v) is 9.89. The lowest BCUT2D eigenvalue weighted by Gasteiger charge is -2.13. The molecule has 0 aliphatic rings. The molecule has 0 heterocycles. The molecule has 0 aliphatic carbocycles. The molecule has 4 rings (SSSR count). The summed E-state index contributed by atoms with van der Waals surface area (Å²) in [5.41, 5.74) is 4.10. The SMILES string of the molecule is O=C(COc1ccccc1-c1ccccc1)Oc1ccccc1Cc1ccccc1. The van der Waals surface area contributed by atoms with E-state index < -0.39 is 5.97 Å². The summed E-state index contributed by atoms with van der Waals surface area (Å²) in [6, 6.07) is 35.3. The fourth-order valence-corrected chi connectivity index (χ4v) is 3.30. The molecule has 148 valence electrons. The van der Waals surface area contributed by atoms with Crippen LogP contribution in [0.25, 0.3) is 11.1 Å². The third kappa shape index (κ3) is 4.95. The van der Waals surface area contributed by atoms with Gasteiger partial charge in [-0.1, -0.05) is 97.1 Å². The van der Waals surface area contributed by atoms with E-state index in [1.54, 1.807) is 0 Å². The van der Waals surface area contributed by atoms with Gasteiger partial charge in [-0.15, -0.1) is 0 Å². The van der Waals surface area contributed by atoms with Gasteiger partial charge in [-0.05, 0) is 28.8 Å². The average Bonchev–Trinajstić information content (AvgIpc) is 2.80. The van der Waals surface area contributed by atoms with Crippen LogP contribution in [0.2, 0.25) is 0 Å². The van der Waals surface area contributed by atoms with E-state index in [0.29, 0.717) is 17.9 Å². The van der Waals surface area contributed by atoms with E-state index in [4.69, 9.17) is 9.47 Å². The van der Waals surface area contributed by atoms with Crippen molar-refractivity contribution in [2.24, 2.45) is 0 Å². The van der Waals surface area contributed by atoms with Crippen molar-refractivity contribution in [3.05, 3.63) is 120 Å². The largest absolute Gasteiger partial charge is 0.481 e. The van der Waals surface area contributed by atoms with E-state index in [0.717, 1.165) is 22.3 Å². The number of rotatable bonds is 7. The third-order valence-corrected chi connectivity index (χ3v) is 4.75. The fourth-order valence-electron chi connectivity index (χ4n) is 3.30. The smallest absolute Gasteiger partial charge is 0.349 e. The van der Waals surface area contributed by atoms with Gasteiger partial charge in [-0.3, -0.25) is 0 Å². The molecule has 4 aromatic rings. The number of hydrogen-bond donors (Lipinski definition) is 0. The van der Waals surface area contributed by atoms with E-state index in [9.17, 15) is 4.79 Å². The molecule has 0 atom stereocenters. The molecule has 30 heavy (non-hydrogen) atoms. The molecular formula is C27H22O3. The Balaban J connectivity index is 1.43. The number of esters is 1. The summed E-state index contributed by atoms with van der Waals surface area (Å²) >= 11 is 0. The lowest BCUT2D eigenvalue weighted by atomic mass is 10.0. The van der Waals surface area contributed by atoms with Gasteiger partial charge in [0.25, 0.3) is 0 Å². The van der Waals surface area contributed by atoms with Crippen LogP contribution in [0.4, 0.5) is 0 Å². The maximum atomic E-state index is 12.5. The van der Waals surface area contributed by atoms with Crippen molar-refractivity contribution in [3.8, 4) is 22.6 Å². The first kappa shape index (κ1) is 19.5. The molecule has 0 saturated carbocycles. The zero-order valence-electron chi connectivity index (χ0n) is 16.5. The Kier molecular flexibility index (Phi) is 6.21. The predicted molar refractivity (Wildman–Crippen MR) is 119 cm³/mol. The first-order chi connectivity index (χ1) is 14.8. The van der Waals surface area contributed by atoms with Gasteiger partial charge in [0.15, 0.2) is 6.61 Å². The van der Waals surface area contributed by atoms with Crippen LogP contribution in [-0.2, 0) is 11.2 Å². The van der Waals surface area contributed by atoms with Crippen LogP contribution in [0.3, 0.4) is 0 Å². The molecule has 0 bridgehead atoms. The minimum atomic E-state index is -0.432. The fraction of sp³-hybridized carbons (Fsp3) is 0.0741. The predicted octanol–water partition coefficient (Wildman–Crippen LogP) is 5.93. The summed E-state index contributed by atoms with van der Waals surface area (Å²) in [4.78, 5) is 12.5. The number of carbonyl (C=O) groups excluding carboxylic acids is 1. The quantitative estimate of drug-likeness (QED) is 0.288. The number of carbonyl (C=O) groups is 1. The highest BCUT2D eigenvalue weighted by atomic mass is 16.6. The Labute approximate surface area is 176 Å². The van der Waals surface area contributed by atoms with Crippen LogP contribution in [0, 0.1) is 0 Å². The molecule has 0 aromatic heterocycles. The standard InChI is InChI=1S/C27H22O3/c28-27(20-29-26-18-10-8-16-24(26)22-13-5-2-6-14-22)30-25-17-9-7-15-23(25)19-21-11-3-1-4-12-21/h1-18H,19-20H2. The maximum Gasteiger partial charge on any atom is 0.349 e. The Bertz CT molecular complexity index is 1110. The Hall–Kier alpha value is -3.85. The van der Waals surface area contributed by atoms with Crippen molar-refractivity contribution in [3.63, 3.8) is 0 Å². The minimum Gasteiger partial charge on any atom is -0.481 e. The molecular weight excluding hydrogens is 372 g/mol. The highest BCUT2D eigenvalue weighted by Crippen LogP contribution is 2.29. The van der Waals surface area contributed by atoms with E-state index in [1.807, 2.05) is 97.1 Å². The zero-order chi connectivity index (χ0) is 20.6.